The van der Waals surface area contributed by atoms with Crippen LogP contribution in [0.25, 0.3) is 11.0 Å². The van der Waals surface area contributed by atoms with Gasteiger partial charge in [-0.2, -0.15) is 5.26 Å². The smallest absolute Gasteiger partial charge is 0.139 e. The van der Waals surface area contributed by atoms with Crippen molar-refractivity contribution in [3.63, 3.8) is 0 Å². The largest absolute Gasteiger partial charge is 0.381 e. The zero-order valence-corrected chi connectivity index (χ0v) is 19.3. The Kier molecular flexibility index (Phi) is 6.16. The molecule has 0 unspecified atom stereocenters. The highest BCUT2D eigenvalue weighted by Gasteiger charge is 2.24. The number of ether oxygens (including phenoxy) is 1. The lowest BCUT2D eigenvalue weighted by Gasteiger charge is -2.37. The molecule has 2 fully saturated rings. The van der Waals surface area contributed by atoms with Gasteiger partial charge in [0.2, 0.25) is 0 Å². The number of aromatic amines is 1. The van der Waals surface area contributed by atoms with Gasteiger partial charge in [-0.15, -0.1) is 0 Å². The fourth-order valence-electron chi connectivity index (χ4n) is 5.15. The van der Waals surface area contributed by atoms with E-state index in [1.54, 1.807) is 6.20 Å². The van der Waals surface area contributed by atoms with E-state index >= 15 is 0 Å². The van der Waals surface area contributed by atoms with E-state index in [0.717, 1.165) is 67.4 Å². The van der Waals surface area contributed by atoms with E-state index in [2.05, 4.69) is 57.6 Å². The summed E-state index contributed by atoms with van der Waals surface area (Å²) in [6.07, 6.45) is 5.65. The Balaban J connectivity index is 1.42. The molecule has 0 saturated carbocycles. The first kappa shape index (κ1) is 21.7. The summed E-state index contributed by atoms with van der Waals surface area (Å²) in [6, 6.07) is 9.35. The molecule has 8 nitrogen and oxygen atoms in total. The minimum atomic E-state index is 0.405. The third-order valence-corrected chi connectivity index (χ3v) is 6.63. The van der Waals surface area contributed by atoms with Gasteiger partial charge in [0.05, 0.1) is 23.5 Å². The molecule has 0 spiro atoms. The Hall–Kier alpha value is -3.15. The molecule has 0 aliphatic carbocycles. The number of rotatable bonds is 5. The number of fused-ring (bicyclic) bond motifs is 1. The van der Waals surface area contributed by atoms with Crippen molar-refractivity contribution in [2.45, 2.75) is 51.2 Å². The number of pyridine rings is 2. The highest BCUT2D eigenvalue weighted by molar-refractivity contribution is 5.95. The van der Waals surface area contributed by atoms with Gasteiger partial charge in [0, 0.05) is 56.2 Å². The molecule has 3 aromatic heterocycles. The molecule has 8 heteroatoms. The van der Waals surface area contributed by atoms with Crippen LogP contribution in [0.15, 0.2) is 30.6 Å². The van der Waals surface area contributed by atoms with Crippen LogP contribution in [0, 0.1) is 11.3 Å². The Morgan fingerprint density at radius 2 is 2.00 bits per heavy atom. The fourth-order valence-corrected chi connectivity index (χ4v) is 5.15. The molecule has 33 heavy (non-hydrogen) atoms. The number of nitrogens with zero attached hydrogens (tertiary/aromatic N) is 4. The summed E-state index contributed by atoms with van der Waals surface area (Å²) < 4.78 is 5.55. The number of nitriles is 1. The molecule has 3 aromatic rings. The number of H-pyrrole nitrogens is 1. The van der Waals surface area contributed by atoms with E-state index < -0.39 is 0 Å². The maximum Gasteiger partial charge on any atom is 0.139 e. The van der Waals surface area contributed by atoms with E-state index in [4.69, 9.17) is 9.72 Å². The Bertz CT molecular complexity index is 1150. The summed E-state index contributed by atoms with van der Waals surface area (Å²) in [4.78, 5) is 15.1. The van der Waals surface area contributed by atoms with Crippen LogP contribution in [0.5, 0.6) is 0 Å². The first-order valence-electron chi connectivity index (χ1n) is 11.8. The van der Waals surface area contributed by atoms with Crippen molar-refractivity contribution in [2.75, 3.05) is 36.5 Å². The van der Waals surface area contributed by atoms with Crippen LogP contribution >= 0.6 is 0 Å². The molecular formula is C25H31N7O. The summed E-state index contributed by atoms with van der Waals surface area (Å²) in [5.74, 6) is 1.40. The second-order valence-corrected chi connectivity index (χ2v) is 9.23. The van der Waals surface area contributed by atoms with Gasteiger partial charge in [-0.3, -0.25) is 0 Å². The van der Waals surface area contributed by atoms with Crippen LogP contribution in [0.1, 0.15) is 49.4 Å². The van der Waals surface area contributed by atoms with Crippen molar-refractivity contribution in [1.29, 1.82) is 5.26 Å². The van der Waals surface area contributed by atoms with Crippen LogP contribution in [0.3, 0.4) is 0 Å². The van der Waals surface area contributed by atoms with Crippen LogP contribution < -0.4 is 15.5 Å². The summed E-state index contributed by atoms with van der Waals surface area (Å²) in [5, 5.41) is 17.9. The Morgan fingerprint density at radius 1 is 1.21 bits per heavy atom. The molecule has 0 amide bonds. The Labute approximate surface area is 194 Å². The number of aromatic nitrogens is 3. The van der Waals surface area contributed by atoms with Gasteiger partial charge in [0.1, 0.15) is 17.5 Å². The van der Waals surface area contributed by atoms with E-state index in [9.17, 15) is 5.26 Å². The van der Waals surface area contributed by atoms with E-state index in [1.165, 1.54) is 5.56 Å². The number of nitrogens with one attached hydrogen (secondary N) is 3. The average Bonchev–Trinajstić information content (AvgIpc) is 3.27. The maximum atomic E-state index is 9.79. The molecule has 0 bridgehead atoms. The van der Waals surface area contributed by atoms with Gasteiger partial charge in [-0.05, 0) is 50.3 Å². The first-order chi connectivity index (χ1) is 16.1. The molecular weight excluding hydrogens is 414 g/mol. The molecule has 2 saturated heterocycles. The van der Waals surface area contributed by atoms with Crippen molar-refractivity contribution < 1.29 is 4.74 Å². The fraction of sp³-hybridized carbons (Fsp3) is 0.480. The van der Waals surface area contributed by atoms with E-state index in [0.29, 0.717) is 30.1 Å². The third kappa shape index (κ3) is 4.52. The van der Waals surface area contributed by atoms with Crippen LogP contribution in [0.2, 0.25) is 0 Å². The van der Waals surface area contributed by atoms with Crippen LogP contribution in [-0.4, -0.2) is 53.3 Å². The van der Waals surface area contributed by atoms with Crippen molar-refractivity contribution >= 4 is 22.5 Å². The van der Waals surface area contributed by atoms with Crippen molar-refractivity contribution in [1.82, 2.24) is 20.3 Å². The summed E-state index contributed by atoms with van der Waals surface area (Å²) in [5.41, 5.74) is 4.36. The molecule has 2 aliphatic rings. The lowest BCUT2D eigenvalue weighted by Crippen LogP contribution is -2.54. The van der Waals surface area contributed by atoms with Crippen molar-refractivity contribution in [3.8, 4) is 6.07 Å². The lowest BCUT2D eigenvalue weighted by molar-refractivity contribution is 0.0856. The minimum Gasteiger partial charge on any atom is -0.381 e. The monoisotopic (exact) mass is 445 g/mol. The Morgan fingerprint density at radius 3 is 2.76 bits per heavy atom. The predicted octanol–water partition coefficient (Wildman–Crippen LogP) is 3.52. The molecule has 0 aromatic carbocycles. The summed E-state index contributed by atoms with van der Waals surface area (Å²) in [7, 11) is 0. The lowest BCUT2D eigenvalue weighted by atomic mass is 9.91. The zero-order chi connectivity index (χ0) is 22.8. The number of anilines is 2. The topological polar surface area (TPSA) is 102 Å². The number of hydrogen-bond acceptors (Lipinski definition) is 7. The average molecular weight is 446 g/mol. The van der Waals surface area contributed by atoms with Crippen molar-refractivity contribution in [3.05, 3.63) is 47.4 Å². The normalized spacial score (nSPS) is 21.8. The molecule has 5 rings (SSSR count). The van der Waals surface area contributed by atoms with E-state index in [1.807, 2.05) is 12.3 Å². The standard InChI is InChI=1S/C25H31N7O/c1-16-14-32(15-17(2)30-16)22-5-3-4-20(31-22)12-27-24-19(10-26)11-28-25-23(24)21(13-29-25)18-6-8-33-9-7-18/h3-5,11,13,16-18,30H,6-9,12,14-15H2,1-2H3,(H2,27,28,29)/t16-,17+. The minimum absolute atomic E-state index is 0.405. The molecule has 172 valence electrons. The molecule has 3 N–H and O–H groups in total. The van der Waals surface area contributed by atoms with Gasteiger partial charge in [0.25, 0.3) is 0 Å². The second kappa shape index (κ2) is 9.38. The van der Waals surface area contributed by atoms with E-state index in [-0.39, 0.29) is 0 Å². The van der Waals surface area contributed by atoms with Gasteiger partial charge in [-0.25, -0.2) is 9.97 Å². The second-order valence-electron chi connectivity index (χ2n) is 9.23. The number of hydrogen-bond donors (Lipinski definition) is 3. The van der Waals surface area contributed by atoms with Crippen LogP contribution in [-0.2, 0) is 11.3 Å². The molecule has 0 radical (unpaired) electrons. The maximum absolute atomic E-state index is 9.79. The SMILES string of the molecule is C[C@@H]1CN(c2cccc(CNc3c(C#N)cnc4[nH]cc(C5CCOCC5)c34)n2)C[C@H](C)N1. The molecule has 2 aliphatic heterocycles. The quantitative estimate of drug-likeness (QED) is 0.552. The van der Waals surface area contributed by atoms with Gasteiger partial charge < -0.3 is 25.3 Å². The molecule has 5 heterocycles. The predicted molar refractivity (Wildman–Crippen MR) is 129 cm³/mol. The zero-order valence-electron chi connectivity index (χ0n) is 19.3. The molecule has 2 atom stereocenters. The van der Waals surface area contributed by atoms with Gasteiger partial charge in [-0.1, -0.05) is 6.07 Å². The van der Waals surface area contributed by atoms with Crippen LogP contribution in [0.4, 0.5) is 11.5 Å². The third-order valence-electron chi connectivity index (χ3n) is 6.63. The first-order valence-corrected chi connectivity index (χ1v) is 11.8. The van der Waals surface area contributed by atoms with Crippen molar-refractivity contribution in [2.24, 2.45) is 0 Å². The summed E-state index contributed by atoms with van der Waals surface area (Å²) in [6.45, 7) is 8.37. The van der Waals surface area contributed by atoms with Gasteiger partial charge >= 0.3 is 0 Å². The summed E-state index contributed by atoms with van der Waals surface area (Å²) >= 11 is 0. The highest BCUT2D eigenvalue weighted by Crippen LogP contribution is 2.37. The van der Waals surface area contributed by atoms with Gasteiger partial charge in [0.15, 0.2) is 0 Å². The highest BCUT2D eigenvalue weighted by atomic mass is 16.5. The number of piperazine rings is 1.